The highest BCUT2D eigenvalue weighted by Crippen LogP contribution is 2.30. The molecule has 1 atom stereocenters. The highest BCUT2D eigenvalue weighted by molar-refractivity contribution is 7.92. The number of aryl methyl sites for hydroxylation is 3. The van der Waals surface area contributed by atoms with E-state index in [1.165, 1.54) is 24.3 Å². The van der Waals surface area contributed by atoms with E-state index in [1.54, 1.807) is 44.6 Å². The monoisotopic (exact) mass is 488 g/mol. The zero-order valence-corrected chi connectivity index (χ0v) is 20.3. The van der Waals surface area contributed by atoms with Gasteiger partial charge in [-0.15, -0.1) is 0 Å². The minimum absolute atomic E-state index is 0.0230. The standard InChI is InChI=1S/C24H29FN4O4S/c1-18-5-8-21(9-6-18)34(31,32)29(23-15-19(2)7-10-22(23)25)20(3)16-33-24(30)27-11-4-13-28-14-12-26-17-28/h5-10,12,14-15,17,20H,4,11,13,16H2,1-3H3,(H,27,30)/t20-/m1/s1. The molecular weight excluding hydrogens is 459 g/mol. The number of sulfonamides is 1. The lowest BCUT2D eigenvalue weighted by Crippen LogP contribution is -2.43. The van der Waals surface area contributed by atoms with Crippen LogP contribution in [0.1, 0.15) is 24.5 Å². The second-order valence-electron chi connectivity index (χ2n) is 8.10. The van der Waals surface area contributed by atoms with E-state index < -0.39 is 28.0 Å². The molecule has 0 aliphatic heterocycles. The number of carbonyl (C=O) groups excluding carboxylic acids is 1. The molecule has 1 amide bonds. The zero-order valence-electron chi connectivity index (χ0n) is 19.4. The Bertz CT molecular complexity index is 1200. The molecule has 0 fully saturated rings. The third-order valence-electron chi connectivity index (χ3n) is 5.19. The summed E-state index contributed by atoms with van der Waals surface area (Å²) in [6, 6.07) is 9.70. The molecule has 2 aromatic carbocycles. The number of nitrogens with zero attached hydrogens (tertiary/aromatic N) is 3. The molecule has 1 aromatic heterocycles. The predicted octanol–water partition coefficient (Wildman–Crippen LogP) is 4.04. The fraction of sp³-hybridized carbons (Fsp3) is 0.333. The van der Waals surface area contributed by atoms with Crippen molar-refractivity contribution in [3.8, 4) is 0 Å². The summed E-state index contributed by atoms with van der Waals surface area (Å²) in [5.74, 6) is -0.683. The van der Waals surface area contributed by atoms with Crippen LogP contribution >= 0.6 is 0 Å². The van der Waals surface area contributed by atoms with Gasteiger partial charge in [0.1, 0.15) is 12.4 Å². The fourth-order valence-corrected chi connectivity index (χ4v) is 5.05. The summed E-state index contributed by atoms with van der Waals surface area (Å²) in [5.41, 5.74) is 1.50. The van der Waals surface area contributed by atoms with E-state index in [0.29, 0.717) is 25.1 Å². The van der Waals surface area contributed by atoms with Gasteiger partial charge >= 0.3 is 6.09 Å². The summed E-state index contributed by atoms with van der Waals surface area (Å²) in [6.45, 7) is 5.97. The first-order valence-electron chi connectivity index (χ1n) is 10.9. The number of imidazole rings is 1. The molecule has 3 rings (SSSR count). The molecule has 0 unspecified atom stereocenters. The van der Waals surface area contributed by atoms with E-state index in [4.69, 9.17) is 4.74 Å². The van der Waals surface area contributed by atoms with Gasteiger partial charge in [-0.2, -0.15) is 0 Å². The van der Waals surface area contributed by atoms with E-state index in [9.17, 15) is 17.6 Å². The van der Waals surface area contributed by atoms with Crippen LogP contribution in [0.25, 0.3) is 0 Å². The summed E-state index contributed by atoms with van der Waals surface area (Å²) in [4.78, 5) is 16.1. The number of nitrogens with one attached hydrogen (secondary N) is 1. The predicted molar refractivity (Wildman–Crippen MR) is 128 cm³/mol. The summed E-state index contributed by atoms with van der Waals surface area (Å²) < 4.78 is 49.9. The molecule has 8 nitrogen and oxygen atoms in total. The van der Waals surface area contributed by atoms with Crippen molar-refractivity contribution >= 4 is 21.8 Å². The maximum atomic E-state index is 14.8. The second kappa shape index (κ2) is 11.1. The van der Waals surface area contributed by atoms with Crippen LogP contribution in [-0.4, -0.2) is 43.3 Å². The molecule has 0 saturated carbocycles. The molecular formula is C24H29FN4O4S. The Labute approximate surface area is 199 Å². The van der Waals surface area contributed by atoms with Crippen LogP contribution in [0.2, 0.25) is 0 Å². The smallest absolute Gasteiger partial charge is 0.407 e. The van der Waals surface area contributed by atoms with Crippen molar-refractivity contribution in [2.24, 2.45) is 0 Å². The first-order valence-corrected chi connectivity index (χ1v) is 12.4. The van der Waals surface area contributed by atoms with Gasteiger partial charge in [-0.3, -0.25) is 4.31 Å². The molecule has 0 radical (unpaired) electrons. The number of halogens is 1. The minimum Gasteiger partial charge on any atom is -0.447 e. The average molecular weight is 489 g/mol. The fourth-order valence-electron chi connectivity index (χ4n) is 3.41. The lowest BCUT2D eigenvalue weighted by Gasteiger charge is -2.30. The Morgan fingerprint density at radius 3 is 2.56 bits per heavy atom. The molecule has 0 aliphatic rings. The number of carbonyl (C=O) groups is 1. The lowest BCUT2D eigenvalue weighted by atomic mass is 10.2. The Kier molecular flexibility index (Phi) is 8.27. The molecule has 0 saturated heterocycles. The highest BCUT2D eigenvalue weighted by atomic mass is 32.2. The number of hydrogen-bond acceptors (Lipinski definition) is 5. The number of aromatic nitrogens is 2. The van der Waals surface area contributed by atoms with E-state index in [0.717, 1.165) is 9.87 Å². The lowest BCUT2D eigenvalue weighted by molar-refractivity contribution is 0.141. The van der Waals surface area contributed by atoms with E-state index >= 15 is 0 Å². The molecule has 1 N–H and O–H groups in total. The summed E-state index contributed by atoms with van der Waals surface area (Å²) in [5, 5.41) is 2.64. The maximum Gasteiger partial charge on any atom is 0.407 e. The van der Waals surface area contributed by atoms with Crippen LogP contribution in [0.5, 0.6) is 0 Å². The number of rotatable bonds is 10. The number of alkyl carbamates (subject to hydrolysis) is 1. The molecule has 34 heavy (non-hydrogen) atoms. The highest BCUT2D eigenvalue weighted by Gasteiger charge is 2.32. The van der Waals surface area contributed by atoms with Gasteiger partial charge in [0.2, 0.25) is 0 Å². The van der Waals surface area contributed by atoms with Gasteiger partial charge in [0.05, 0.1) is 23.0 Å². The van der Waals surface area contributed by atoms with Crippen molar-refractivity contribution in [1.82, 2.24) is 14.9 Å². The van der Waals surface area contributed by atoms with Crippen LogP contribution in [0.4, 0.5) is 14.9 Å². The molecule has 182 valence electrons. The molecule has 0 bridgehead atoms. The Hall–Kier alpha value is -3.40. The molecule has 1 heterocycles. The van der Waals surface area contributed by atoms with Gasteiger partial charge in [-0.1, -0.05) is 23.8 Å². The third-order valence-corrected chi connectivity index (χ3v) is 7.14. The third kappa shape index (κ3) is 6.34. The van der Waals surface area contributed by atoms with E-state index in [-0.39, 0.29) is 17.2 Å². The van der Waals surface area contributed by atoms with Crippen molar-refractivity contribution in [1.29, 1.82) is 0 Å². The van der Waals surface area contributed by atoms with Crippen molar-refractivity contribution in [3.05, 3.63) is 78.1 Å². The quantitative estimate of drug-likeness (QED) is 0.435. The van der Waals surface area contributed by atoms with Crippen LogP contribution < -0.4 is 9.62 Å². The van der Waals surface area contributed by atoms with Crippen LogP contribution in [0, 0.1) is 19.7 Å². The Morgan fingerprint density at radius 1 is 1.18 bits per heavy atom. The van der Waals surface area contributed by atoms with Gasteiger partial charge in [-0.25, -0.2) is 22.6 Å². The number of hydrogen-bond donors (Lipinski definition) is 1. The number of benzene rings is 2. The van der Waals surface area contributed by atoms with Gasteiger partial charge < -0.3 is 14.6 Å². The molecule has 3 aromatic rings. The summed E-state index contributed by atoms with van der Waals surface area (Å²) in [6.07, 6.45) is 5.19. The van der Waals surface area contributed by atoms with Crippen molar-refractivity contribution in [2.75, 3.05) is 17.5 Å². The molecule has 0 spiro atoms. The number of ether oxygens (including phenoxy) is 1. The van der Waals surface area contributed by atoms with Gasteiger partial charge in [0.15, 0.2) is 0 Å². The summed E-state index contributed by atoms with van der Waals surface area (Å²) >= 11 is 0. The van der Waals surface area contributed by atoms with Crippen LogP contribution in [-0.2, 0) is 21.3 Å². The SMILES string of the molecule is Cc1ccc(S(=O)(=O)N(c2cc(C)ccc2F)[C@H](C)COC(=O)NCCCn2ccnc2)cc1. The van der Waals surface area contributed by atoms with Gasteiger partial charge in [0.25, 0.3) is 10.0 Å². The number of anilines is 1. The van der Waals surface area contributed by atoms with Gasteiger partial charge in [-0.05, 0) is 57.0 Å². The topological polar surface area (TPSA) is 93.5 Å². The first kappa shape index (κ1) is 25.2. The number of amides is 1. The largest absolute Gasteiger partial charge is 0.447 e. The van der Waals surface area contributed by atoms with Crippen molar-refractivity contribution in [2.45, 2.75) is 44.7 Å². The summed E-state index contributed by atoms with van der Waals surface area (Å²) in [7, 11) is -4.13. The van der Waals surface area contributed by atoms with E-state index in [1.807, 2.05) is 17.7 Å². The normalized spacial score (nSPS) is 12.2. The van der Waals surface area contributed by atoms with Crippen LogP contribution in [0.3, 0.4) is 0 Å². The maximum absolute atomic E-state index is 14.8. The first-order chi connectivity index (χ1) is 16.2. The van der Waals surface area contributed by atoms with Gasteiger partial charge in [0, 0.05) is 25.5 Å². The van der Waals surface area contributed by atoms with Crippen molar-refractivity contribution < 1.29 is 22.3 Å². The van der Waals surface area contributed by atoms with Crippen molar-refractivity contribution in [3.63, 3.8) is 0 Å². The van der Waals surface area contributed by atoms with E-state index in [2.05, 4.69) is 10.3 Å². The second-order valence-corrected chi connectivity index (χ2v) is 9.91. The molecule has 0 aliphatic carbocycles. The average Bonchev–Trinajstić information content (AvgIpc) is 3.31. The Morgan fingerprint density at radius 2 is 1.88 bits per heavy atom. The minimum atomic E-state index is -4.13. The Balaban J connectivity index is 1.72. The zero-order chi connectivity index (χ0) is 24.7. The van der Waals surface area contributed by atoms with Crippen LogP contribution in [0.15, 0.2) is 66.1 Å². The molecule has 10 heteroatoms.